The molecule has 5 heteroatoms. The number of primary amides is 1. The maximum absolute atomic E-state index is 12.6. The van der Waals surface area contributed by atoms with Crippen molar-refractivity contribution in [1.29, 1.82) is 0 Å². The van der Waals surface area contributed by atoms with E-state index in [2.05, 4.69) is 0 Å². The van der Waals surface area contributed by atoms with Crippen molar-refractivity contribution in [3.63, 3.8) is 0 Å². The van der Waals surface area contributed by atoms with Crippen molar-refractivity contribution < 1.29 is 14.3 Å². The molecule has 0 saturated heterocycles. The van der Waals surface area contributed by atoms with Crippen molar-refractivity contribution in [2.24, 2.45) is 5.73 Å². The highest BCUT2D eigenvalue weighted by Gasteiger charge is 2.16. The average Bonchev–Trinajstić information content (AvgIpc) is 2.61. The van der Waals surface area contributed by atoms with Crippen molar-refractivity contribution in [2.45, 2.75) is 33.7 Å². The summed E-state index contributed by atoms with van der Waals surface area (Å²) in [5, 5.41) is 0. The molecule has 2 amide bonds. The predicted molar refractivity (Wildman–Crippen MR) is 102 cm³/mol. The second kappa shape index (κ2) is 9.04. The smallest absolute Gasteiger partial charge is 0.260 e. The van der Waals surface area contributed by atoms with Crippen LogP contribution in [0.2, 0.25) is 0 Å². The van der Waals surface area contributed by atoms with E-state index in [1.165, 1.54) is 5.56 Å². The van der Waals surface area contributed by atoms with Crippen molar-refractivity contribution >= 4 is 11.8 Å². The Labute approximate surface area is 154 Å². The third-order valence-corrected chi connectivity index (χ3v) is 4.09. The molecule has 0 bridgehead atoms. The summed E-state index contributed by atoms with van der Waals surface area (Å²) in [6.07, 6.45) is 0.856. The van der Waals surface area contributed by atoms with E-state index in [1.807, 2.05) is 45.0 Å². The Morgan fingerprint density at radius 1 is 1.04 bits per heavy atom. The number of nitrogens with two attached hydrogens (primary N) is 1. The Morgan fingerprint density at radius 3 is 2.31 bits per heavy atom. The molecule has 26 heavy (non-hydrogen) atoms. The van der Waals surface area contributed by atoms with E-state index < -0.39 is 5.91 Å². The maximum Gasteiger partial charge on any atom is 0.260 e. The van der Waals surface area contributed by atoms with Crippen LogP contribution in [-0.2, 0) is 11.3 Å². The molecule has 0 aliphatic carbocycles. The molecule has 138 valence electrons. The highest BCUT2D eigenvalue weighted by atomic mass is 16.5. The van der Waals surface area contributed by atoms with Crippen LogP contribution in [0, 0.1) is 13.8 Å². The molecular formula is C21H26N2O3. The lowest BCUT2D eigenvalue weighted by atomic mass is 10.1. The van der Waals surface area contributed by atoms with Gasteiger partial charge in [0.25, 0.3) is 11.8 Å². The zero-order valence-electron chi connectivity index (χ0n) is 15.6. The quantitative estimate of drug-likeness (QED) is 0.791. The van der Waals surface area contributed by atoms with Gasteiger partial charge in [0.1, 0.15) is 5.75 Å². The Kier molecular flexibility index (Phi) is 6.78. The van der Waals surface area contributed by atoms with Crippen LogP contribution in [0.25, 0.3) is 0 Å². The molecule has 2 aromatic rings. The van der Waals surface area contributed by atoms with E-state index >= 15 is 0 Å². The number of hydrogen-bond acceptors (Lipinski definition) is 3. The summed E-state index contributed by atoms with van der Waals surface area (Å²) in [5.41, 5.74) is 8.85. The van der Waals surface area contributed by atoms with E-state index in [0.29, 0.717) is 18.8 Å². The Hall–Kier alpha value is -2.82. The zero-order chi connectivity index (χ0) is 19.1. The average molecular weight is 354 g/mol. The molecule has 0 spiro atoms. The first-order chi connectivity index (χ1) is 12.4. The second-order valence-electron chi connectivity index (χ2n) is 6.45. The molecule has 0 atom stereocenters. The highest BCUT2D eigenvalue weighted by molar-refractivity contribution is 5.95. The van der Waals surface area contributed by atoms with Crippen LogP contribution in [0.3, 0.4) is 0 Å². The van der Waals surface area contributed by atoms with Gasteiger partial charge < -0.3 is 15.4 Å². The molecule has 5 nitrogen and oxygen atoms in total. The fourth-order valence-corrected chi connectivity index (χ4v) is 2.66. The Balaban J connectivity index is 2.07. The van der Waals surface area contributed by atoms with Crippen LogP contribution in [0.15, 0.2) is 42.5 Å². The lowest BCUT2D eigenvalue weighted by molar-refractivity contribution is -0.134. The van der Waals surface area contributed by atoms with E-state index in [0.717, 1.165) is 17.5 Å². The minimum atomic E-state index is -0.572. The number of ether oxygens (including phenoxy) is 1. The van der Waals surface area contributed by atoms with Gasteiger partial charge in [-0.3, -0.25) is 9.59 Å². The summed E-state index contributed by atoms with van der Waals surface area (Å²) in [5.74, 6) is -0.348. The number of amides is 2. The van der Waals surface area contributed by atoms with Crippen LogP contribution >= 0.6 is 0 Å². The molecule has 0 aromatic heterocycles. The number of carbonyl (C=O) groups excluding carboxylic acids is 2. The SMILES string of the molecule is CCCN(Cc1ccc(C)cc1)C(=O)COc1cc(C)ccc1C(N)=O. The third-order valence-electron chi connectivity index (χ3n) is 4.09. The van der Waals surface area contributed by atoms with E-state index in [9.17, 15) is 9.59 Å². The van der Waals surface area contributed by atoms with E-state index in [-0.39, 0.29) is 18.1 Å². The molecule has 0 radical (unpaired) electrons. The molecule has 0 heterocycles. The summed E-state index contributed by atoms with van der Waals surface area (Å²) in [4.78, 5) is 25.9. The minimum Gasteiger partial charge on any atom is -0.483 e. The van der Waals surface area contributed by atoms with E-state index in [4.69, 9.17) is 10.5 Å². The fourth-order valence-electron chi connectivity index (χ4n) is 2.66. The van der Waals surface area contributed by atoms with Crippen LogP contribution in [0.5, 0.6) is 5.75 Å². The van der Waals surface area contributed by atoms with Gasteiger partial charge in [0.2, 0.25) is 0 Å². The van der Waals surface area contributed by atoms with Crippen LogP contribution < -0.4 is 10.5 Å². The molecule has 2 aromatic carbocycles. The number of benzene rings is 2. The molecule has 0 aliphatic heterocycles. The van der Waals surface area contributed by atoms with Gasteiger partial charge in [0, 0.05) is 13.1 Å². The summed E-state index contributed by atoms with van der Waals surface area (Å²) in [6, 6.07) is 13.2. The molecule has 0 unspecified atom stereocenters. The molecule has 0 saturated carbocycles. The van der Waals surface area contributed by atoms with Gasteiger partial charge >= 0.3 is 0 Å². The minimum absolute atomic E-state index is 0.121. The first-order valence-corrected chi connectivity index (χ1v) is 8.77. The van der Waals surface area contributed by atoms with Crippen molar-refractivity contribution in [3.05, 3.63) is 64.7 Å². The van der Waals surface area contributed by atoms with Gasteiger partial charge in [-0.15, -0.1) is 0 Å². The first-order valence-electron chi connectivity index (χ1n) is 8.77. The van der Waals surface area contributed by atoms with Crippen molar-refractivity contribution in [3.8, 4) is 5.75 Å². The lowest BCUT2D eigenvalue weighted by Crippen LogP contribution is -2.35. The topological polar surface area (TPSA) is 72.6 Å². The largest absolute Gasteiger partial charge is 0.483 e. The monoisotopic (exact) mass is 354 g/mol. The van der Waals surface area contributed by atoms with Crippen LogP contribution in [-0.4, -0.2) is 29.9 Å². The highest BCUT2D eigenvalue weighted by Crippen LogP contribution is 2.20. The molecule has 0 aliphatic rings. The van der Waals surface area contributed by atoms with Gasteiger partial charge in [-0.25, -0.2) is 0 Å². The number of nitrogens with zero attached hydrogens (tertiary/aromatic N) is 1. The standard InChI is InChI=1S/C21H26N2O3/c1-4-11-23(13-17-8-5-15(2)6-9-17)20(24)14-26-19-12-16(3)7-10-18(19)21(22)25/h5-10,12H,4,11,13-14H2,1-3H3,(H2,22,25). The molecule has 2 rings (SSSR count). The molecule has 0 fully saturated rings. The normalized spacial score (nSPS) is 10.4. The number of hydrogen-bond donors (Lipinski definition) is 1. The zero-order valence-corrected chi connectivity index (χ0v) is 15.6. The van der Waals surface area contributed by atoms with Gasteiger partial charge in [0.05, 0.1) is 5.56 Å². The Morgan fingerprint density at radius 2 is 1.69 bits per heavy atom. The van der Waals surface area contributed by atoms with Crippen LogP contribution in [0.4, 0.5) is 0 Å². The lowest BCUT2D eigenvalue weighted by Gasteiger charge is -2.23. The fraction of sp³-hybridized carbons (Fsp3) is 0.333. The van der Waals surface area contributed by atoms with Crippen molar-refractivity contribution in [1.82, 2.24) is 4.90 Å². The molecular weight excluding hydrogens is 328 g/mol. The number of aryl methyl sites for hydroxylation is 2. The summed E-state index contributed by atoms with van der Waals surface area (Å²) < 4.78 is 5.63. The first kappa shape index (κ1) is 19.5. The number of carbonyl (C=O) groups is 2. The summed E-state index contributed by atoms with van der Waals surface area (Å²) in [6.45, 7) is 7.00. The number of rotatable bonds is 8. The predicted octanol–water partition coefficient (Wildman–Crippen LogP) is 3.22. The summed E-state index contributed by atoms with van der Waals surface area (Å²) >= 11 is 0. The summed E-state index contributed by atoms with van der Waals surface area (Å²) in [7, 11) is 0. The third kappa shape index (κ3) is 5.34. The second-order valence-corrected chi connectivity index (χ2v) is 6.45. The van der Waals surface area contributed by atoms with Crippen molar-refractivity contribution in [2.75, 3.05) is 13.2 Å². The maximum atomic E-state index is 12.6. The van der Waals surface area contributed by atoms with Gasteiger partial charge in [-0.2, -0.15) is 0 Å². The van der Waals surface area contributed by atoms with Crippen LogP contribution in [0.1, 0.15) is 40.4 Å². The Bertz CT molecular complexity index is 769. The van der Waals surface area contributed by atoms with Gasteiger partial charge in [-0.1, -0.05) is 42.8 Å². The van der Waals surface area contributed by atoms with Gasteiger partial charge in [-0.05, 0) is 43.5 Å². The van der Waals surface area contributed by atoms with Gasteiger partial charge in [0.15, 0.2) is 6.61 Å². The van der Waals surface area contributed by atoms with E-state index in [1.54, 1.807) is 23.1 Å². The molecule has 2 N–H and O–H groups in total.